The number of rotatable bonds is 0. The quantitative estimate of drug-likeness (QED) is 0.456. The molecule has 104 valence electrons. The smallest absolute Gasteiger partial charge is 0.0443 e. The fourth-order valence-corrected chi connectivity index (χ4v) is 2.73. The minimum atomic E-state index is 1.02. The number of hydrogen-bond acceptors (Lipinski definition) is 0. The molecule has 0 atom stereocenters. The maximum absolute atomic E-state index is 2.37. The van der Waals surface area contributed by atoms with E-state index in [0.29, 0.717) is 0 Å². The summed E-state index contributed by atoms with van der Waals surface area (Å²) >= 11 is 0. The second-order valence-electron chi connectivity index (χ2n) is 6.11. The molecule has 2 saturated carbocycles. The Hall–Kier alpha value is 0. The van der Waals surface area contributed by atoms with Crippen molar-refractivity contribution in [1.82, 2.24) is 0 Å². The van der Waals surface area contributed by atoms with E-state index in [2.05, 4.69) is 20.8 Å². The molecule has 2 aliphatic rings. The van der Waals surface area contributed by atoms with Crippen LogP contribution < -0.4 is 0 Å². The van der Waals surface area contributed by atoms with E-state index in [1.165, 1.54) is 57.8 Å². The third-order valence-electron chi connectivity index (χ3n) is 4.20. The van der Waals surface area contributed by atoms with Gasteiger partial charge >= 0.3 is 0 Å². The highest BCUT2D eigenvalue weighted by Crippen LogP contribution is 2.27. The lowest BCUT2D eigenvalue weighted by atomic mass is 9.84. The predicted molar refractivity (Wildman–Crippen MR) is 80.4 cm³/mol. The van der Waals surface area contributed by atoms with Crippen LogP contribution in [-0.4, -0.2) is 0 Å². The van der Waals surface area contributed by atoms with Gasteiger partial charge in [-0.1, -0.05) is 92.4 Å². The Balaban J connectivity index is 0.000000265. The molecule has 0 amide bonds. The summed E-state index contributed by atoms with van der Waals surface area (Å²) in [5.41, 5.74) is 0. The van der Waals surface area contributed by atoms with Crippen molar-refractivity contribution < 1.29 is 0 Å². The van der Waals surface area contributed by atoms with Gasteiger partial charge in [-0.05, 0) is 17.8 Å². The van der Waals surface area contributed by atoms with E-state index in [-0.39, 0.29) is 0 Å². The standard InChI is InChI=1S/C8H16.C7H14.C2H6/c1-7-3-5-8(2)6-4-7;1-7-5-3-2-4-6-7;1-2/h7-8H,3-6H2,1-2H3;7H,2-6H2,1H3;1-2H3. The van der Waals surface area contributed by atoms with Gasteiger partial charge in [-0.2, -0.15) is 0 Å². The lowest BCUT2D eigenvalue weighted by Crippen LogP contribution is -2.08. The molecule has 2 fully saturated rings. The average Bonchev–Trinajstić information content (AvgIpc) is 2.37. The summed E-state index contributed by atoms with van der Waals surface area (Å²) in [5, 5.41) is 0. The SMILES string of the molecule is CC.CC1CCC(C)CC1.CC1CCCCC1. The zero-order chi connectivity index (χ0) is 13.1. The molecule has 0 radical (unpaired) electrons. The Morgan fingerprint density at radius 1 is 0.471 bits per heavy atom. The summed E-state index contributed by atoms with van der Waals surface area (Å²) < 4.78 is 0. The predicted octanol–water partition coefficient (Wildman–Crippen LogP) is 6.45. The first-order chi connectivity index (χ1) is 8.18. The third kappa shape index (κ3) is 9.68. The monoisotopic (exact) mass is 240 g/mol. The van der Waals surface area contributed by atoms with Crippen LogP contribution in [0.25, 0.3) is 0 Å². The van der Waals surface area contributed by atoms with Gasteiger partial charge in [0, 0.05) is 0 Å². The molecule has 0 aromatic heterocycles. The Morgan fingerprint density at radius 3 is 1.00 bits per heavy atom. The average molecular weight is 240 g/mol. The first kappa shape index (κ1) is 17.0. The third-order valence-corrected chi connectivity index (χ3v) is 4.20. The van der Waals surface area contributed by atoms with Crippen molar-refractivity contribution in [3.63, 3.8) is 0 Å². The molecule has 2 rings (SSSR count). The van der Waals surface area contributed by atoms with Gasteiger partial charge < -0.3 is 0 Å². The normalized spacial score (nSPS) is 29.5. The molecule has 0 heterocycles. The maximum atomic E-state index is 2.37. The fraction of sp³-hybridized carbons (Fsp3) is 1.00. The molecule has 17 heavy (non-hydrogen) atoms. The van der Waals surface area contributed by atoms with Gasteiger partial charge in [-0.3, -0.25) is 0 Å². The largest absolute Gasteiger partial charge is 0.0683 e. The van der Waals surface area contributed by atoms with Gasteiger partial charge in [0.25, 0.3) is 0 Å². The van der Waals surface area contributed by atoms with Crippen molar-refractivity contribution in [1.29, 1.82) is 0 Å². The van der Waals surface area contributed by atoms with E-state index in [0.717, 1.165) is 17.8 Å². The van der Waals surface area contributed by atoms with Gasteiger partial charge in [-0.15, -0.1) is 0 Å². The molecule has 0 N–H and O–H groups in total. The summed E-state index contributed by atoms with van der Waals surface area (Å²) in [6.07, 6.45) is 13.3. The lowest BCUT2D eigenvalue weighted by Gasteiger charge is -2.22. The summed E-state index contributed by atoms with van der Waals surface area (Å²) in [6.45, 7) is 11.1. The molecule has 0 spiro atoms. The van der Waals surface area contributed by atoms with E-state index in [1.54, 1.807) is 0 Å². The highest BCUT2D eigenvalue weighted by molar-refractivity contribution is 4.65. The van der Waals surface area contributed by atoms with Gasteiger partial charge in [-0.25, -0.2) is 0 Å². The van der Waals surface area contributed by atoms with Gasteiger partial charge in [0.1, 0.15) is 0 Å². The summed E-state index contributed by atoms with van der Waals surface area (Å²) in [4.78, 5) is 0. The molecule has 2 aliphatic carbocycles. The first-order valence-electron chi connectivity index (χ1n) is 8.18. The van der Waals surface area contributed by atoms with E-state index in [1.807, 2.05) is 13.8 Å². The van der Waals surface area contributed by atoms with Crippen molar-refractivity contribution in [2.45, 2.75) is 92.4 Å². The van der Waals surface area contributed by atoms with Gasteiger partial charge in [0.2, 0.25) is 0 Å². The molecular formula is C17H36. The lowest BCUT2D eigenvalue weighted by molar-refractivity contribution is 0.308. The molecule has 0 aromatic rings. The van der Waals surface area contributed by atoms with Crippen LogP contribution in [-0.2, 0) is 0 Å². The Morgan fingerprint density at radius 2 is 0.765 bits per heavy atom. The molecule has 0 aromatic carbocycles. The van der Waals surface area contributed by atoms with Crippen molar-refractivity contribution >= 4 is 0 Å². The fourth-order valence-electron chi connectivity index (χ4n) is 2.73. The van der Waals surface area contributed by atoms with Crippen LogP contribution in [0.5, 0.6) is 0 Å². The minimum Gasteiger partial charge on any atom is -0.0683 e. The Labute approximate surface area is 111 Å². The number of hydrogen-bond donors (Lipinski definition) is 0. The topological polar surface area (TPSA) is 0 Å². The van der Waals surface area contributed by atoms with Crippen LogP contribution in [0.4, 0.5) is 0 Å². The van der Waals surface area contributed by atoms with Crippen molar-refractivity contribution in [2.75, 3.05) is 0 Å². The Bertz CT molecular complexity index is 126. The van der Waals surface area contributed by atoms with Crippen molar-refractivity contribution in [2.24, 2.45) is 17.8 Å². The Kier molecular flexibility index (Phi) is 11.1. The second kappa shape index (κ2) is 11.1. The molecule has 0 bridgehead atoms. The van der Waals surface area contributed by atoms with E-state index in [4.69, 9.17) is 0 Å². The van der Waals surface area contributed by atoms with Crippen LogP contribution in [0.15, 0.2) is 0 Å². The molecule has 0 unspecified atom stereocenters. The van der Waals surface area contributed by atoms with Crippen LogP contribution in [0.1, 0.15) is 92.4 Å². The highest BCUT2D eigenvalue weighted by Gasteiger charge is 2.13. The first-order valence-corrected chi connectivity index (χ1v) is 8.18. The molecule has 0 aliphatic heterocycles. The van der Waals surface area contributed by atoms with E-state index < -0.39 is 0 Å². The van der Waals surface area contributed by atoms with Crippen LogP contribution in [0.2, 0.25) is 0 Å². The van der Waals surface area contributed by atoms with Gasteiger partial charge in [0.05, 0.1) is 0 Å². The zero-order valence-corrected chi connectivity index (χ0v) is 13.1. The summed E-state index contributed by atoms with van der Waals surface area (Å²) in [7, 11) is 0. The van der Waals surface area contributed by atoms with E-state index >= 15 is 0 Å². The molecular weight excluding hydrogens is 204 g/mol. The minimum absolute atomic E-state index is 1.02. The maximum Gasteiger partial charge on any atom is -0.0443 e. The molecule has 0 heteroatoms. The summed E-state index contributed by atoms with van der Waals surface area (Å²) in [5.74, 6) is 3.08. The van der Waals surface area contributed by atoms with Crippen LogP contribution >= 0.6 is 0 Å². The van der Waals surface area contributed by atoms with Crippen LogP contribution in [0, 0.1) is 17.8 Å². The van der Waals surface area contributed by atoms with Gasteiger partial charge in [0.15, 0.2) is 0 Å². The van der Waals surface area contributed by atoms with Crippen LogP contribution in [0.3, 0.4) is 0 Å². The van der Waals surface area contributed by atoms with Crippen molar-refractivity contribution in [3.8, 4) is 0 Å². The van der Waals surface area contributed by atoms with Crippen molar-refractivity contribution in [3.05, 3.63) is 0 Å². The summed E-state index contributed by atoms with van der Waals surface area (Å²) in [6, 6.07) is 0. The molecule has 0 nitrogen and oxygen atoms in total. The zero-order valence-electron chi connectivity index (χ0n) is 13.1. The highest BCUT2D eigenvalue weighted by atomic mass is 14.2. The molecule has 0 saturated heterocycles. The van der Waals surface area contributed by atoms with E-state index in [9.17, 15) is 0 Å². The second-order valence-corrected chi connectivity index (χ2v) is 6.11.